The Hall–Kier alpha value is -2.02. The lowest BCUT2D eigenvalue weighted by Crippen LogP contribution is -2.37. The Morgan fingerprint density at radius 2 is 2.11 bits per heavy atom. The van der Waals surface area contributed by atoms with E-state index in [1.54, 1.807) is 11.9 Å². The Morgan fingerprint density at radius 1 is 1.39 bits per heavy atom. The van der Waals surface area contributed by atoms with Gasteiger partial charge in [-0.25, -0.2) is 0 Å². The molecule has 0 saturated carbocycles. The van der Waals surface area contributed by atoms with Crippen LogP contribution in [0.5, 0.6) is 0 Å². The van der Waals surface area contributed by atoms with Crippen molar-refractivity contribution >= 4 is 11.6 Å². The summed E-state index contributed by atoms with van der Waals surface area (Å²) in [7, 11) is 3.62. The largest absolute Gasteiger partial charge is 0.365 e. The SMILES string of the molecule is Cc1cccc(N(C)CC(=O)N(C)CCC#N)c1. The van der Waals surface area contributed by atoms with Gasteiger partial charge in [-0.05, 0) is 24.6 Å². The third-order valence-electron chi connectivity index (χ3n) is 2.80. The standard InChI is InChI=1S/C14H19N3O/c1-12-6-4-7-13(10-12)17(3)11-14(18)16(2)9-5-8-15/h4,6-7,10H,5,9,11H2,1-3H3. The fourth-order valence-corrected chi connectivity index (χ4v) is 1.62. The molecule has 0 aliphatic heterocycles. The van der Waals surface area contributed by atoms with Gasteiger partial charge in [0.25, 0.3) is 0 Å². The van der Waals surface area contributed by atoms with E-state index in [2.05, 4.69) is 0 Å². The van der Waals surface area contributed by atoms with Crippen molar-refractivity contribution in [3.05, 3.63) is 29.8 Å². The maximum absolute atomic E-state index is 11.9. The van der Waals surface area contributed by atoms with Crippen molar-refractivity contribution in [3.63, 3.8) is 0 Å². The zero-order valence-electron chi connectivity index (χ0n) is 11.2. The van der Waals surface area contributed by atoms with Gasteiger partial charge in [0.1, 0.15) is 0 Å². The zero-order chi connectivity index (χ0) is 13.5. The molecule has 4 nitrogen and oxygen atoms in total. The van der Waals surface area contributed by atoms with Crippen LogP contribution in [0.1, 0.15) is 12.0 Å². The van der Waals surface area contributed by atoms with E-state index in [4.69, 9.17) is 5.26 Å². The Labute approximate surface area is 108 Å². The lowest BCUT2D eigenvalue weighted by Gasteiger charge is -2.23. The molecular formula is C14H19N3O. The number of carbonyl (C=O) groups excluding carboxylic acids is 1. The minimum Gasteiger partial charge on any atom is -0.365 e. The number of benzene rings is 1. The maximum atomic E-state index is 11.9. The first kappa shape index (κ1) is 14.0. The van der Waals surface area contributed by atoms with Crippen LogP contribution in [0.3, 0.4) is 0 Å². The van der Waals surface area contributed by atoms with Crippen LogP contribution < -0.4 is 4.90 Å². The van der Waals surface area contributed by atoms with Crippen molar-refractivity contribution < 1.29 is 4.79 Å². The van der Waals surface area contributed by atoms with Gasteiger partial charge in [0.05, 0.1) is 19.0 Å². The second-order valence-electron chi connectivity index (χ2n) is 4.42. The number of hydrogen-bond donors (Lipinski definition) is 0. The third kappa shape index (κ3) is 4.10. The average Bonchev–Trinajstić information content (AvgIpc) is 2.35. The number of likely N-dealkylation sites (N-methyl/N-ethyl adjacent to an activating group) is 2. The Morgan fingerprint density at radius 3 is 2.72 bits per heavy atom. The van der Waals surface area contributed by atoms with E-state index >= 15 is 0 Å². The highest BCUT2D eigenvalue weighted by Crippen LogP contribution is 2.13. The molecule has 0 aliphatic carbocycles. The fourth-order valence-electron chi connectivity index (χ4n) is 1.62. The first-order valence-corrected chi connectivity index (χ1v) is 5.93. The molecule has 1 aromatic carbocycles. The van der Waals surface area contributed by atoms with Crippen LogP contribution >= 0.6 is 0 Å². The van der Waals surface area contributed by atoms with Crippen molar-refractivity contribution in [1.82, 2.24) is 4.90 Å². The van der Waals surface area contributed by atoms with Crippen LogP contribution in [-0.2, 0) is 4.79 Å². The zero-order valence-corrected chi connectivity index (χ0v) is 11.2. The summed E-state index contributed by atoms with van der Waals surface area (Å²) < 4.78 is 0. The molecule has 0 radical (unpaired) electrons. The number of carbonyl (C=O) groups is 1. The number of rotatable bonds is 5. The maximum Gasteiger partial charge on any atom is 0.241 e. The summed E-state index contributed by atoms with van der Waals surface area (Å²) in [5.74, 6) is 0.0225. The third-order valence-corrected chi connectivity index (χ3v) is 2.80. The molecule has 1 amide bonds. The molecule has 18 heavy (non-hydrogen) atoms. The lowest BCUT2D eigenvalue weighted by atomic mass is 10.2. The summed E-state index contributed by atoms with van der Waals surface area (Å²) in [4.78, 5) is 15.4. The molecular weight excluding hydrogens is 226 g/mol. The Bertz CT molecular complexity index is 451. The molecule has 4 heteroatoms. The molecule has 0 spiro atoms. The van der Waals surface area contributed by atoms with Gasteiger partial charge in [-0.3, -0.25) is 4.79 Å². The van der Waals surface area contributed by atoms with Crippen LogP contribution in [0.15, 0.2) is 24.3 Å². The number of aryl methyl sites for hydroxylation is 1. The molecule has 1 rings (SSSR count). The second-order valence-corrected chi connectivity index (χ2v) is 4.42. The first-order valence-electron chi connectivity index (χ1n) is 5.93. The minimum absolute atomic E-state index is 0.0225. The molecule has 0 bridgehead atoms. The van der Waals surface area contributed by atoms with Crippen molar-refractivity contribution in [2.45, 2.75) is 13.3 Å². The van der Waals surface area contributed by atoms with E-state index < -0.39 is 0 Å². The smallest absolute Gasteiger partial charge is 0.241 e. The highest BCUT2D eigenvalue weighted by Gasteiger charge is 2.11. The molecule has 0 unspecified atom stereocenters. The molecule has 0 heterocycles. The minimum atomic E-state index is 0.0225. The van der Waals surface area contributed by atoms with Gasteiger partial charge in [-0.2, -0.15) is 5.26 Å². The summed E-state index contributed by atoms with van der Waals surface area (Å²) in [5.41, 5.74) is 2.20. The highest BCUT2D eigenvalue weighted by atomic mass is 16.2. The summed E-state index contributed by atoms with van der Waals surface area (Å²) in [6.07, 6.45) is 0.371. The topological polar surface area (TPSA) is 47.3 Å². The predicted molar refractivity (Wildman–Crippen MR) is 72.3 cm³/mol. The van der Waals surface area contributed by atoms with Gasteiger partial charge in [0, 0.05) is 26.3 Å². The molecule has 0 aromatic heterocycles. The van der Waals surface area contributed by atoms with E-state index in [1.807, 2.05) is 49.2 Å². The Kier molecular flexibility index (Phi) is 5.19. The quantitative estimate of drug-likeness (QED) is 0.794. The molecule has 0 saturated heterocycles. The van der Waals surface area contributed by atoms with Crippen LogP contribution in [0, 0.1) is 18.3 Å². The van der Waals surface area contributed by atoms with E-state index in [9.17, 15) is 4.79 Å². The number of amides is 1. The van der Waals surface area contributed by atoms with E-state index in [-0.39, 0.29) is 5.91 Å². The molecule has 0 fully saturated rings. The van der Waals surface area contributed by atoms with Gasteiger partial charge < -0.3 is 9.80 Å². The second kappa shape index (κ2) is 6.65. The van der Waals surface area contributed by atoms with E-state index in [0.29, 0.717) is 19.5 Å². The number of nitriles is 1. The van der Waals surface area contributed by atoms with Gasteiger partial charge in [0.15, 0.2) is 0 Å². The molecule has 96 valence electrons. The van der Waals surface area contributed by atoms with Crippen molar-refractivity contribution in [2.24, 2.45) is 0 Å². The summed E-state index contributed by atoms with van der Waals surface area (Å²) in [6.45, 7) is 2.83. The highest BCUT2D eigenvalue weighted by molar-refractivity contribution is 5.81. The molecule has 0 atom stereocenters. The summed E-state index contributed by atoms with van der Waals surface area (Å²) in [5, 5.41) is 8.49. The number of nitrogens with zero attached hydrogens (tertiary/aromatic N) is 3. The summed E-state index contributed by atoms with van der Waals surface area (Å²) in [6, 6.07) is 10.1. The van der Waals surface area contributed by atoms with Crippen LogP contribution in [0.25, 0.3) is 0 Å². The van der Waals surface area contributed by atoms with Gasteiger partial charge in [-0.1, -0.05) is 12.1 Å². The average molecular weight is 245 g/mol. The molecule has 1 aromatic rings. The van der Waals surface area contributed by atoms with Gasteiger partial charge in [0.2, 0.25) is 5.91 Å². The fraction of sp³-hybridized carbons (Fsp3) is 0.429. The van der Waals surface area contributed by atoms with Crippen molar-refractivity contribution in [3.8, 4) is 6.07 Å². The number of hydrogen-bond acceptors (Lipinski definition) is 3. The number of anilines is 1. The monoisotopic (exact) mass is 245 g/mol. The van der Waals surface area contributed by atoms with Crippen molar-refractivity contribution in [2.75, 3.05) is 32.1 Å². The van der Waals surface area contributed by atoms with Gasteiger partial charge >= 0.3 is 0 Å². The van der Waals surface area contributed by atoms with Crippen LogP contribution in [0.2, 0.25) is 0 Å². The normalized spacial score (nSPS) is 9.67. The lowest BCUT2D eigenvalue weighted by molar-refractivity contribution is -0.128. The van der Waals surface area contributed by atoms with E-state index in [0.717, 1.165) is 5.69 Å². The Balaban J connectivity index is 2.57. The van der Waals surface area contributed by atoms with E-state index in [1.165, 1.54) is 5.56 Å². The molecule has 0 N–H and O–H groups in total. The predicted octanol–water partition coefficient (Wildman–Crippen LogP) is 1.80. The van der Waals surface area contributed by atoms with Crippen molar-refractivity contribution in [1.29, 1.82) is 5.26 Å². The first-order chi connectivity index (χ1) is 8.54. The van der Waals surface area contributed by atoms with Gasteiger partial charge in [-0.15, -0.1) is 0 Å². The summed E-state index contributed by atoms with van der Waals surface area (Å²) >= 11 is 0. The van der Waals surface area contributed by atoms with Crippen LogP contribution in [-0.4, -0.2) is 38.0 Å². The van der Waals surface area contributed by atoms with Crippen LogP contribution in [0.4, 0.5) is 5.69 Å². The molecule has 0 aliphatic rings.